The van der Waals surface area contributed by atoms with Crippen LogP contribution >= 0.6 is 0 Å². The fourth-order valence-corrected chi connectivity index (χ4v) is 4.18. The number of rotatable bonds is 7. The molecule has 0 spiro atoms. The van der Waals surface area contributed by atoms with E-state index >= 15 is 0 Å². The highest BCUT2D eigenvalue weighted by molar-refractivity contribution is 5.78. The van der Waals surface area contributed by atoms with Gasteiger partial charge < -0.3 is 10.2 Å². The molecular formula is C20H33N5O. The lowest BCUT2D eigenvalue weighted by atomic mass is 9.98. The van der Waals surface area contributed by atoms with Crippen molar-refractivity contribution in [2.24, 2.45) is 5.92 Å². The van der Waals surface area contributed by atoms with Gasteiger partial charge in [0.25, 0.3) is 0 Å². The molecule has 0 aromatic carbocycles. The van der Waals surface area contributed by atoms with Gasteiger partial charge in [0.15, 0.2) is 0 Å². The van der Waals surface area contributed by atoms with Crippen molar-refractivity contribution in [3.63, 3.8) is 0 Å². The number of carbonyl (C=O) groups is 1. The average molecular weight is 360 g/mol. The molecule has 1 saturated carbocycles. The van der Waals surface area contributed by atoms with Crippen LogP contribution in [0.1, 0.15) is 56.9 Å². The fraction of sp³-hybridized carbons (Fsp3) is 0.750. The topological polar surface area (TPSA) is 61.4 Å². The van der Waals surface area contributed by atoms with E-state index in [-0.39, 0.29) is 11.8 Å². The van der Waals surface area contributed by atoms with E-state index in [4.69, 9.17) is 0 Å². The molecule has 0 radical (unpaired) electrons. The van der Waals surface area contributed by atoms with E-state index in [1.807, 2.05) is 31.4 Å². The number of amides is 1. The molecule has 6 nitrogen and oxygen atoms in total. The zero-order valence-electron chi connectivity index (χ0n) is 16.3. The first-order chi connectivity index (χ1) is 12.6. The van der Waals surface area contributed by atoms with Gasteiger partial charge in [0.05, 0.1) is 0 Å². The summed E-state index contributed by atoms with van der Waals surface area (Å²) in [4.78, 5) is 25.5. The number of piperidine rings is 1. The molecule has 1 aromatic rings. The summed E-state index contributed by atoms with van der Waals surface area (Å²) in [5.74, 6) is 1.29. The van der Waals surface area contributed by atoms with Crippen LogP contribution in [0.5, 0.6) is 0 Å². The van der Waals surface area contributed by atoms with Crippen molar-refractivity contribution in [3.8, 4) is 0 Å². The summed E-state index contributed by atoms with van der Waals surface area (Å²) in [7, 11) is 3.91. The summed E-state index contributed by atoms with van der Waals surface area (Å²) in [6, 6.07) is 0.543. The molecule has 0 unspecified atom stereocenters. The second kappa shape index (κ2) is 9.31. The largest absolute Gasteiger partial charge is 0.356 e. The normalized spacial score (nSPS) is 21.7. The van der Waals surface area contributed by atoms with Crippen molar-refractivity contribution in [1.29, 1.82) is 0 Å². The summed E-state index contributed by atoms with van der Waals surface area (Å²) in [5.41, 5.74) is 1.16. The number of likely N-dealkylation sites (tertiary alicyclic amines) is 1. The zero-order chi connectivity index (χ0) is 18.4. The lowest BCUT2D eigenvalue weighted by Gasteiger charge is -2.36. The minimum Gasteiger partial charge on any atom is -0.356 e. The van der Waals surface area contributed by atoms with Gasteiger partial charge in [0.2, 0.25) is 11.9 Å². The predicted molar refractivity (Wildman–Crippen MR) is 104 cm³/mol. The average Bonchev–Trinajstić information content (AvgIpc) is 3.18. The van der Waals surface area contributed by atoms with Gasteiger partial charge in [-0.05, 0) is 38.6 Å². The Kier molecular flexibility index (Phi) is 6.83. The van der Waals surface area contributed by atoms with Crippen LogP contribution in [0.4, 0.5) is 5.95 Å². The summed E-state index contributed by atoms with van der Waals surface area (Å²) in [6.45, 7) is 2.82. The Bertz CT molecular complexity index is 568. The standard InChI is InChI=1S/C20H33N5O/c1-24(2)20-22-13-16(14-23-20)15-25-12-6-5-9-18(25)10-11-21-19(26)17-7-3-4-8-17/h13-14,17-18H,3-12,15H2,1-2H3,(H,21,26)/t18-/m0/s1. The number of anilines is 1. The molecule has 0 bridgehead atoms. The van der Waals surface area contributed by atoms with E-state index in [0.29, 0.717) is 6.04 Å². The molecular weight excluding hydrogens is 326 g/mol. The van der Waals surface area contributed by atoms with E-state index < -0.39 is 0 Å². The molecule has 1 aromatic heterocycles. The highest BCUT2D eigenvalue weighted by atomic mass is 16.1. The third kappa shape index (κ3) is 5.16. The second-order valence-corrected chi connectivity index (χ2v) is 7.97. The van der Waals surface area contributed by atoms with Crippen LogP contribution in [-0.4, -0.2) is 54.0 Å². The molecule has 2 fully saturated rings. The second-order valence-electron chi connectivity index (χ2n) is 7.97. The van der Waals surface area contributed by atoms with Gasteiger partial charge in [0.1, 0.15) is 0 Å². The van der Waals surface area contributed by atoms with Gasteiger partial charge in [-0.15, -0.1) is 0 Å². The maximum absolute atomic E-state index is 12.2. The van der Waals surface area contributed by atoms with Crippen molar-refractivity contribution in [1.82, 2.24) is 20.2 Å². The molecule has 3 rings (SSSR count). The maximum atomic E-state index is 12.2. The van der Waals surface area contributed by atoms with Gasteiger partial charge in [-0.1, -0.05) is 19.3 Å². The van der Waals surface area contributed by atoms with E-state index in [0.717, 1.165) is 50.4 Å². The Morgan fingerprint density at radius 3 is 2.54 bits per heavy atom. The molecule has 1 aliphatic heterocycles. The number of nitrogens with one attached hydrogen (secondary N) is 1. The zero-order valence-corrected chi connectivity index (χ0v) is 16.3. The monoisotopic (exact) mass is 359 g/mol. The molecule has 144 valence electrons. The highest BCUT2D eigenvalue weighted by Gasteiger charge is 2.25. The van der Waals surface area contributed by atoms with Crippen LogP contribution in [0.15, 0.2) is 12.4 Å². The molecule has 2 heterocycles. The van der Waals surface area contributed by atoms with Gasteiger partial charge in [-0.2, -0.15) is 0 Å². The molecule has 6 heteroatoms. The molecule has 1 N–H and O–H groups in total. The minimum atomic E-state index is 0.268. The molecule has 1 atom stereocenters. The molecule has 1 amide bonds. The van der Waals surface area contributed by atoms with E-state index in [2.05, 4.69) is 20.2 Å². The van der Waals surface area contributed by atoms with Gasteiger partial charge in [-0.3, -0.25) is 9.69 Å². The minimum absolute atomic E-state index is 0.268. The Hall–Kier alpha value is -1.69. The first-order valence-electron chi connectivity index (χ1n) is 10.1. The third-order valence-corrected chi connectivity index (χ3v) is 5.73. The molecule has 1 aliphatic carbocycles. The van der Waals surface area contributed by atoms with Gasteiger partial charge in [0, 0.05) is 57.1 Å². The Labute approximate surface area is 157 Å². The van der Waals surface area contributed by atoms with Crippen LogP contribution in [0.3, 0.4) is 0 Å². The van der Waals surface area contributed by atoms with Crippen LogP contribution in [-0.2, 0) is 11.3 Å². The third-order valence-electron chi connectivity index (χ3n) is 5.73. The number of hydrogen-bond donors (Lipinski definition) is 1. The van der Waals surface area contributed by atoms with Crippen molar-refractivity contribution in [2.45, 2.75) is 64.0 Å². The van der Waals surface area contributed by atoms with Crippen molar-refractivity contribution < 1.29 is 4.79 Å². The lowest BCUT2D eigenvalue weighted by molar-refractivity contribution is -0.124. The van der Waals surface area contributed by atoms with Crippen LogP contribution in [0.25, 0.3) is 0 Å². The highest BCUT2D eigenvalue weighted by Crippen LogP contribution is 2.25. The SMILES string of the molecule is CN(C)c1ncc(CN2CCCC[C@H]2CCNC(=O)C2CCCC2)cn1. The molecule has 2 aliphatic rings. The van der Waals surface area contributed by atoms with Crippen LogP contribution in [0.2, 0.25) is 0 Å². The maximum Gasteiger partial charge on any atom is 0.224 e. The number of nitrogens with zero attached hydrogens (tertiary/aromatic N) is 4. The van der Waals surface area contributed by atoms with Gasteiger partial charge >= 0.3 is 0 Å². The number of aromatic nitrogens is 2. The summed E-state index contributed by atoms with van der Waals surface area (Å²) < 4.78 is 0. The predicted octanol–water partition coefficient (Wildman–Crippen LogP) is 2.59. The first kappa shape index (κ1) is 19.1. The molecule has 1 saturated heterocycles. The van der Waals surface area contributed by atoms with Crippen molar-refractivity contribution in [2.75, 3.05) is 32.1 Å². The lowest BCUT2D eigenvalue weighted by Crippen LogP contribution is -2.41. The quantitative estimate of drug-likeness (QED) is 0.811. The summed E-state index contributed by atoms with van der Waals surface area (Å²) in [6.07, 6.45) is 13.2. The van der Waals surface area contributed by atoms with Crippen LogP contribution < -0.4 is 10.2 Å². The van der Waals surface area contributed by atoms with Gasteiger partial charge in [-0.25, -0.2) is 9.97 Å². The van der Waals surface area contributed by atoms with Crippen LogP contribution in [0, 0.1) is 5.92 Å². The Morgan fingerprint density at radius 1 is 1.15 bits per heavy atom. The van der Waals surface area contributed by atoms with E-state index in [9.17, 15) is 4.79 Å². The molecule has 26 heavy (non-hydrogen) atoms. The van der Waals surface area contributed by atoms with Crippen molar-refractivity contribution in [3.05, 3.63) is 18.0 Å². The summed E-state index contributed by atoms with van der Waals surface area (Å²) in [5, 5.41) is 3.18. The van der Waals surface area contributed by atoms with E-state index in [1.54, 1.807) is 0 Å². The Balaban J connectivity index is 1.48. The smallest absolute Gasteiger partial charge is 0.224 e. The summed E-state index contributed by atoms with van der Waals surface area (Å²) >= 11 is 0. The van der Waals surface area contributed by atoms with Crippen molar-refractivity contribution >= 4 is 11.9 Å². The number of hydrogen-bond acceptors (Lipinski definition) is 5. The fourth-order valence-electron chi connectivity index (χ4n) is 4.18. The first-order valence-corrected chi connectivity index (χ1v) is 10.1. The van der Waals surface area contributed by atoms with E-state index in [1.165, 1.54) is 32.1 Å². The number of carbonyl (C=O) groups excluding carboxylic acids is 1. The Morgan fingerprint density at radius 2 is 1.85 bits per heavy atom.